The average molecular weight is 242 g/mol. The maximum Gasteiger partial charge on any atom is 0.127 e. The van der Waals surface area contributed by atoms with E-state index in [2.05, 4.69) is 6.92 Å². The molecule has 0 saturated heterocycles. The summed E-state index contributed by atoms with van der Waals surface area (Å²) in [5.74, 6) is 1.70. The van der Waals surface area contributed by atoms with Crippen LogP contribution in [-0.4, -0.2) is 6.61 Å². The van der Waals surface area contributed by atoms with Crippen LogP contribution in [0, 0.1) is 0 Å². The second-order valence-corrected chi connectivity index (χ2v) is 4.12. The molecule has 2 aromatic rings. The van der Waals surface area contributed by atoms with Crippen LogP contribution in [0.3, 0.4) is 0 Å². The van der Waals surface area contributed by atoms with Gasteiger partial charge in [-0.15, -0.1) is 0 Å². The average Bonchev–Trinajstić information content (AvgIpc) is 2.41. The van der Waals surface area contributed by atoms with Crippen molar-refractivity contribution in [3.05, 3.63) is 60.2 Å². The van der Waals surface area contributed by atoms with Gasteiger partial charge in [0.15, 0.2) is 0 Å². The Kier molecular flexibility index (Phi) is 4.79. The lowest BCUT2D eigenvalue weighted by atomic mass is 10.2. The number of hydrogen-bond acceptors (Lipinski definition) is 2. The molecule has 0 atom stereocenters. The summed E-state index contributed by atoms with van der Waals surface area (Å²) >= 11 is 0. The van der Waals surface area contributed by atoms with Crippen molar-refractivity contribution in [1.29, 1.82) is 0 Å². The largest absolute Gasteiger partial charge is 0.457 e. The van der Waals surface area contributed by atoms with Crippen LogP contribution in [0.2, 0.25) is 0 Å². The van der Waals surface area contributed by atoms with Crippen LogP contribution >= 0.6 is 0 Å². The smallest absolute Gasteiger partial charge is 0.127 e. The Balaban J connectivity index is 1.99. The molecule has 2 heteroatoms. The van der Waals surface area contributed by atoms with Crippen molar-refractivity contribution < 1.29 is 9.47 Å². The molecule has 0 aliphatic carbocycles. The van der Waals surface area contributed by atoms with Crippen LogP contribution in [0.15, 0.2) is 54.6 Å². The molecule has 0 aromatic heterocycles. The summed E-state index contributed by atoms with van der Waals surface area (Å²) in [6.45, 7) is 3.54. The van der Waals surface area contributed by atoms with Gasteiger partial charge >= 0.3 is 0 Å². The first-order valence-corrected chi connectivity index (χ1v) is 6.28. The van der Waals surface area contributed by atoms with Crippen LogP contribution in [0.4, 0.5) is 0 Å². The molecule has 2 aromatic carbocycles. The fraction of sp³-hybridized carbons (Fsp3) is 0.250. The highest BCUT2D eigenvalue weighted by atomic mass is 16.5. The lowest BCUT2D eigenvalue weighted by molar-refractivity contribution is 0.121. The van der Waals surface area contributed by atoms with Gasteiger partial charge in [-0.05, 0) is 36.2 Å². The zero-order chi connectivity index (χ0) is 12.6. The van der Waals surface area contributed by atoms with Crippen LogP contribution < -0.4 is 4.74 Å². The standard InChI is InChI=1S/C16H18O2/c1-2-11-17-13-14-7-6-10-16(12-14)18-15-8-4-3-5-9-15/h3-10,12H,2,11,13H2,1H3. The van der Waals surface area contributed by atoms with E-state index in [1.54, 1.807) is 0 Å². The van der Waals surface area contributed by atoms with Gasteiger partial charge in [-0.25, -0.2) is 0 Å². The Morgan fingerprint density at radius 2 is 1.67 bits per heavy atom. The minimum absolute atomic E-state index is 0.639. The van der Waals surface area contributed by atoms with Crippen molar-refractivity contribution in [2.75, 3.05) is 6.61 Å². The van der Waals surface area contributed by atoms with Gasteiger partial charge in [0.2, 0.25) is 0 Å². The molecular formula is C16H18O2. The van der Waals surface area contributed by atoms with E-state index >= 15 is 0 Å². The summed E-state index contributed by atoms with van der Waals surface area (Å²) in [5.41, 5.74) is 1.14. The van der Waals surface area contributed by atoms with Crippen LogP contribution in [0.25, 0.3) is 0 Å². The number of benzene rings is 2. The maximum atomic E-state index is 5.77. The summed E-state index contributed by atoms with van der Waals surface area (Å²) in [6.07, 6.45) is 1.04. The lowest BCUT2D eigenvalue weighted by Crippen LogP contribution is -1.94. The zero-order valence-corrected chi connectivity index (χ0v) is 10.6. The maximum absolute atomic E-state index is 5.77. The van der Waals surface area contributed by atoms with Crippen molar-refractivity contribution >= 4 is 0 Å². The molecule has 18 heavy (non-hydrogen) atoms. The predicted octanol–water partition coefficient (Wildman–Crippen LogP) is 4.41. The fourth-order valence-electron chi connectivity index (χ4n) is 1.66. The van der Waals surface area contributed by atoms with E-state index in [1.165, 1.54) is 0 Å². The summed E-state index contributed by atoms with van der Waals surface area (Å²) in [5, 5.41) is 0. The molecule has 0 aliphatic heterocycles. The minimum Gasteiger partial charge on any atom is -0.457 e. The summed E-state index contributed by atoms with van der Waals surface area (Å²) in [7, 11) is 0. The molecule has 2 nitrogen and oxygen atoms in total. The molecule has 2 rings (SSSR count). The Morgan fingerprint density at radius 3 is 2.44 bits per heavy atom. The highest BCUT2D eigenvalue weighted by molar-refractivity contribution is 5.33. The van der Waals surface area contributed by atoms with Crippen molar-refractivity contribution in [3.63, 3.8) is 0 Å². The second-order valence-electron chi connectivity index (χ2n) is 4.12. The Morgan fingerprint density at radius 1 is 0.889 bits per heavy atom. The first-order valence-electron chi connectivity index (χ1n) is 6.28. The topological polar surface area (TPSA) is 18.5 Å². The fourth-order valence-corrected chi connectivity index (χ4v) is 1.66. The molecule has 0 unspecified atom stereocenters. The van der Waals surface area contributed by atoms with E-state index in [0.29, 0.717) is 6.61 Å². The summed E-state index contributed by atoms with van der Waals surface area (Å²) in [4.78, 5) is 0. The molecule has 0 bridgehead atoms. The van der Waals surface area contributed by atoms with Gasteiger partial charge in [-0.3, -0.25) is 0 Å². The van der Waals surface area contributed by atoms with Gasteiger partial charge in [0.05, 0.1) is 6.61 Å². The van der Waals surface area contributed by atoms with E-state index in [0.717, 1.165) is 30.1 Å². The van der Waals surface area contributed by atoms with E-state index < -0.39 is 0 Å². The molecule has 0 amide bonds. The van der Waals surface area contributed by atoms with Crippen molar-refractivity contribution in [1.82, 2.24) is 0 Å². The molecule has 0 radical (unpaired) electrons. The molecule has 0 saturated carbocycles. The second kappa shape index (κ2) is 6.82. The number of hydrogen-bond donors (Lipinski definition) is 0. The Bertz CT molecular complexity index is 466. The molecule has 0 spiro atoms. The molecule has 0 N–H and O–H groups in total. The monoisotopic (exact) mass is 242 g/mol. The molecule has 0 heterocycles. The molecule has 94 valence electrons. The van der Waals surface area contributed by atoms with E-state index in [9.17, 15) is 0 Å². The first kappa shape index (κ1) is 12.7. The zero-order valence-electron chi connectivity index (χ0n) is 10.6. The van der Waals surface area contributed by atoms with E-state index in [4.69, 9.17) is 9.47 Å². The predicted molar refractivity (Wildman–Crippen MR) is 72.9 cm³/mol. The third-order valence-corrected chi connectivity index (χ3v) is 2.49. The molecule has 0 fully saturated rings. The van der Waals surface area contributed by atoms with Crippen LogP contribution in [0.1, 0.15) is 18.9 Å². The normalized spacial score (nSPS) is 10.3. The van der Waals surface area contributed by atoms with Crippen LogP contribution in [-0.2, 0) is 11.3 Å². The van der Waals surface area contributed by atoms with E-state index in [1.807, 2.05) is 54.6 Å². The third-order valence-electron chi connectivity index (χ3n) is 2.49. The quantitative estimate of drug-likeness (QED) is 0.699. The Labute approximate surface area is 108 Å². The highest BCUT2D eigenvalue weighted by Crippen LogP contribution is 2.21. The Hall–Kier alpha value is -1.80. The SMILES string of the molecule is CCCOCc1cccc(Oc2ccccc2)c1. The number of para-hydroxylation sites is 1. The highest BCUT2D eigenvalue weighted by Gasteiger charge is 1.99. The minimum atomic E-state index is 0.639. The van der Waals surface area contributed by atoms with Gasteiger partial charge in [0.25, 0.3) is 0 Å². The van der Waals surface area contributed by atoms with Gasteiger partial charge in [-0.2, -0.15) is 0 Å². The first-order chi connectivity index (χ1) is 8.88. The number of rotatable bonds is 6. The van der Waals surface area contributed by atoms with E-state index in [-0.39, 0.29) is 0 Å². The van der Waals surface area contributed by atoms with Gasteiger partial charge in [-0.1, -0.05) is 37.3 Å². The lowest BCUT2D eigenvalue weighted by Gasteiger charge is -2.08. The summed E-state index contributed by atoms with van der Waals surface area (Å²) < 4.78 is 11.3. The number of ether oxygens (including phenoxy) is 2. The molecule has 0 aliphatic rings. The van der Waals surface area contributed by atoms with Crippen LogP contribution in [0.5, 0.6) is 11.5 Å². The van der Waals surface area contributed by atoms with Crippen molar-refractivity contribution in [2.45, 2.75) is 20.0 Å². The summed E-state index contributed by atoms with van der Waals surface area (Å²) in [6, 6.07) is 17.8. The van der Waals surface area contributed by atoms with Gasteiger partial charge < -0.3 is 9.47 Å². The van der Waals surface area contributed by atoms with Crippen molar-refractivity contribution in [2.24, 2.45) is 0 Å². The van der Waals surface area contributed by atoms with Crippen molar-refractivity contribution in [3.8, 4) is 11.5 Å². The molecular weight excluding hydrogens is 224 g/mol. The van der Waals surface area contributed by atoms with Gasteiger partial charge in [0, 0.05) is 6.61 Å². The third kappa shape index (κ3) is 3.90. The van der Waals surface area contributed by atoms with Gasteiger partial charge in [0.1, 0.15) is 11.5 Å².